The predicted molar refractivity (Wildman–Crippen MR) is 136 cm³/mol. The molecule has 35 heavy (non-hydrogen) atoms. The Balaban J connectivity index is 1.63. The molecular weight excluding hydrogens is 440 g/mol. The van der Waals surface area contributed by atoms with Crippen molar-refractivity contribution in [2.75, 3.05) is 39.8 Å². The van der Waals surface area contributed by atoms with Gasteiger partial charge in [-0.05, 0) is 69.8 Å². The van der Waals surface area contributed by atoms with E-state index in [9.17, 15) is 9.59 Å². The molecule has 2 amide bonds. The lowest BCUT2D eigenvalue weighted by Gasteiger charge is -2.42. The number of ether oxygens (including phenoxy) is 1. The Morgan fingerprint density at radius 1 is 1.03 bits per heavy atom. The van der Waals surface area contributed by atoms with Gasteiger partial charge in [-0.2, -0.15) is 0 Å². The summed E-state index contributed by atoms with van der Waals surface area (Å²) in [5.41, 5.74) is 2.55. The quantitative estimate of drug-likeness (QED) is 0.655. The van der Waals surface area contributed by atoms with Crippen LogP contribution in [0.4, 0.5) is 0 Å². The fraction of sp³-hybridized carbons (Fsp3) is 0.536. The molecule has 1 fully saturated rings. The molecule has 1 atom stereocenters. The summed E-state index contributed by atoms with van der Waals surface area (Å²) >= 11 is 0. The number of hydrogen-bond donors (Lipinski definition) is 0. The third-order valence-electron chi connectivity index (χ3n) is 7.42. The molecule has 1 aromatic carbocycles. The molecule has 0 unspecified atom stereocenters. The maximum atomic E-state index is 13.6. The normalized spacial score (nSPS) is 22.5. The maximum absolute atomic E-state index is 13.6. The van der Waals surface area contributed by atoms with Gasteiger partial charge < -0.3 is 14.5 Å². The van der Waals surface area contributed by atoms with Crippen molar-refractivity contribution < 1.29 is 14.3 Å². The van der Waals surface area contributed by atoms with Crippen molar-refractivity contribution in [3.8, 4) is 5.75 Å². The maximum Gasteiger partial charge on any atom is 0.257 e. The SMILES string of the molecule is CC(=O)N1CCCC[C@@]2(CCCN2Cc2cccc(C)n2)CN(C)C(=O)c2ccccc2OCC1. The molecule has 7 heteroatoms. The van der Waals surface area contributed by atoms with Crippen LogP contribution in [0.3, 0.4) is 0 Å². The van der Waals surface area contributed by atoms with Gasteiger partial charge in [-0.25, -0.2) is 0 Å². The molecule has 0 radical (unpaired) electrons. The number of nitrogens with zero attached hydrogens (tertiary/aromatic N) is 4. The highest BCUT2D eigenvalue weighted by molar-refractivity contribution is 5.96. The van der Waals surface area contributed by atoms with Crippen LogP contribution in [-0.2, 0) is 11.3 Å². The number of likely N-dealkylation sites (N-methyl/N-ethyl adjacent to an activating group) is 1. The van der Waals surface area contributed by atoms with E-state index in [1.54, 1.807) is 6.92 Å². The van der Waals surface area contributed by atoms with E-state index in [0.717, 1.165) is 63.1 Å². The van der Waals surface area contributed by atoms with Gasteiger partial charge in [-0.15, -0.1) is 0 Å². The zero-order valence-corrected chi connectivity index (χ0v) is 21.3. The lowest BCUT2D eigenvalue weighted by molar-refractivity contribution is -0.129. The van der Waals surface area contributed by atoms with Crippen LogP contribution in [-0.4, -0.2) is 76.9 Å². The van der Waals surface area contributed by atoms with E-state index >= 15 is 0 Å². The monoisotopic (exact) mass is 478 g/mol. The number of likely N-dealkylation sites (tertiary alicyclic amines) is 1. The molecule has 0 bridgehead atoms. The number of amides is 2. The van der Waals surface area contributed by atoms with Gasteiger partial charge in [0.2, 0.25) is 5.91 Å². The number of carbonyl (C=O) groups is 2. The van der Waals surface area contributed by atoms with Crippen molar-refractivity contribution >= 4 is 11.8 Å². The first-order valence-corrected chi connectivity index (χ1v) is 12.8. The molecule has 2 aliphatic rings. The van der Waals surface area contributed by atoms with Crippen molar-refractivity contribution in [1.82, 2.24) is 19.7 Å². The Morgan fingerprint density at radius 2 is 1.83 bits per heavy atom. The molecule has 0 aliphatic carbocycles. The first-order valence-electron chi connectivity index (χ1n) is 12.8. The summed E-state index contributed by atoms with van der Waals surface area (Å²) in [7, 11) is 1.91. The highest BCUT2D eigenvalue weighted by atomic mass is 16.5. The van der Waals surface area contributed by atoms with Crippen molar-refractivity contribution in [2.24, 2.45) is 0 Å². The van der Waals surface area contributed by atoms with Crippen LogP contribution in [0.15, 0.2) is 42.5 Å². The third-order valence-corrected chi connectivity index (χ3v) is 7.42. The van der Waals surface area contributed by atoms with Gasteiger partial charge in [0, 0.05) is 44.8 Å². The van der Waals surface area contributed by atoms with Crippen LogP contribution in [0.1, 0.15) is 60.8 Å². The zero-order valence-electron chi connectivity index (χ0n) is 21.3. The summed E-state index contributed by atoms with van der Waals surface area (Å²) in [4.78, 5) is 36.8. The number of aryl methyl sites for hydroxylation is 1. The highest BCUT2D eigenvalue weighted by Gasteiger charge is 2.42. The molecule has 2 aliphatic heterocycles. The number of aromatic nitrogens is 1. The first kappa shape index (κ1) is 25.2. The first-order chi connectivity index (χ1) is 16.9. The van der Waals surface area contributed by atoms with Gasteiger partial charge >= 0.3 is 0 Å². The molecule has 4 rings (SSSR count). The zero-order chi connectivity index (χ0) is 24.8. The van der Waals surface area contributed by atoms with Crippen LogP contribution < -0.4 is 4.74 Å². The number of rotatable bonds is 2. The fourth-order valence-electron chi connectivity index (χ4n) is 5.60. The van der Waals surface area contributed by atoms with E-state index in [0.29, 0.717) is 31.0 Å². The second-order valence-electron chi connectivity index (χ2n) is 9.99. The molecule has 7 nitrogen and oxygen atoms in total. The lowest BCUT2D eigenvalue weighted by Crippen LogP contribution is -2.52. The largest absolute Gasteiger partial charge is 0.491 e. The molecule has 1 saturated heterocycles. The topological polar surface area (TPSA) is 66.0 Å². The van der Waals surface area contributed by atoms with Gasteiger partial charge in [-0.1, -0.05) is 18.2 Å². The highest BCUT2D eigenvalue weighted by Crippen LogP contribution is 2.36. The standard InChI is InChI=1S/C28H38N4O3/c1-22-10-8-11-24(29-22)20-32-17-9-15-28(32)14-6-7-16-31(23(2)33)18-19-35-26-13-5-4-12-25(26)27(34)30(3)21-28/h4-5,8,10-13H,6-7,9,14-21H2,1-3H3/t28-/m1/s1. The number of benzene rings is 1. The van der Waals surface area contributed by atoms with Gasteiger partial charge in [0.05, 0.1) is 17.8 Å². The summed E-state index contributed by atoms with van der Waals surface area (Å²) in [6.45, 7) is 7.69. The van der Waals surface area contributed by atoms with Gasteiger partial charge in [0.15, 0.2) is 0 Å². The van der Waals surface area contributed by atoms with Crippen LogP contribution >= 0.6 is 0 Å². The molecule has 1 aromatic heterocycles. The molecular formula is C28H38N4O3. The molecule has 2 aromatic rings. The van der Waals surface area contributed by atoms with Gasteiger partial charge in [0.1, 0.15) is 12.4 Å². The summed E-state index contributed by atoms with van der Waals surface area (Å²) < 4.78 is 6.00. The van der Waals surface area contributed by atoms with Gasteiger partial charge in [-0.3, -0.25) is 19.5 Å². The molecule has 0 N–H and O–H groups in total. The average molecular weight is 479 g/mol. The van der Waals surface area contributed by atoms with Crippen LogP contribution in [0.5, 0.6) is 5.75 Å². The summed E-state index contributed by atoms with van der Waals surface area (Å²) in [5, 5.41) is 0. The number of fused-ring (bicyclic) bond motifs is 1. The number of para-hydroxylation sites is 1. The number of hydrogen-bond acceptors (Lipinski definition) is 5. The summed E-state index contributed by atoms with van der Waals surface area (Å²) in [6, 6.07) is 13.6. The van der Waals surface area contributed by atoms with E-state index in [4.69, 9.17) is 9.72 Å². The van der Waals surface area contributed by atoms with E-state index in [1.165, 1.54) is 0 Å². The Kier molecular flexibility index (Phi) is 8.06. The summed E-state index contributed by atoms with van der Waals surface area (Å²) in [6.07, 6.45) is 5.07. The number of carbonyl (C=O) groups excluding carboxylic acids is 2. The second-order valence-corrected chi connectivity index (χ2v) is 9.99. The second kappa shape index (κ2) is 11.2. The summed E-state index contributed by atoms with van der Waals surface area (Å²) in [5.74, 6) is 0.611. The van der Waals surface area contributed by atoms with Crippen LogP contribution in [0, 0.1) is 6.92 Å². The third kappa shape index (κ3) is 6.01. The van der Waals surface area contributed by atoms with Crippen LogP contribution in [0.25, 0.3) is 0 Å². The minimum atomic E-state index is -0.114. The average Bonchev–Trinajstić information content (AvgIpc) is 3.21. The molecule has 0 saturated carbocycles. The Morgan fingerprint density at radius 3 is 2.63 bits per heavy atom. The molecule has 1 spiro atoms. The van der Waals surface area contributed by atoms with Crippen molar-refractivity contribution in [3.63, 3.8) is 0 Å². The van der Waals surface area contributed by atoms with E-state index in [1.807, 2.05) is 54.1 Å². The predicted octanol–water partition coefficient (Wildman–Crippen LogP) is 3.91. The minimum Gasteiger partial charge on any atom is -0.491 e. The fourth-order valence-corrected chi connectivity index (χ4v) is 5.60. The Bertz CT molecular complexity index is 1040. The molecule has 188 valence electrons. The number of pyridine rings is 1. The smallest absolute Gasteiger partial charge is 0.257 e. The lowest BCUT2D eigenvalue weighted by atomic mass is 9.88. The van der Waals surface area contributed by atoms with Crippen molar-refractivity contribution in [2.45, 2.75) is 58.0 Å². The Hall–Kier alpha value is -2.93. The Labute approximate surface area is 209 Å². The minimum absolute atomic E-state index is 0.0269. The van der Waals surface area contributed by atoms with E-state index in [2.05, 4.69) is 17.0 Å². The van der Waals surface area contributed by atoms with Gasteiger partial charge in [0.25, 0.3) is 5.91 Å². The van der Waals surface area contributed by atoms with E-state index < -0.39 is 0 Å². The van der Waals surface area contributed by atoms with Crippen molar-refractivity contribution in [3.05, 3.63) is 59.4 Å². The van der Waals surface area contributed by atoms with E-state index in [-0.39, 0.29) is 17.4 Å². The van der Waals surface area contributed by atoms with Crippen LogP contribution in [0.2, 0.25) is 0 Å². The van der Waals surface area contributed by atoms with Crippen molar-refractivity contribution in [1.29, 1.82) is 0 Å². The molecule has 3 heterocycles.